The highest BCUT2D eigenvalue weighted by Crippen LogP contribution is 2.61. The molecule has 2 saturated heterocycles. The van der Waals surface area contributed by atoms with Crippen LogP contribution in [0.15, 0.2) is 36.5 Å². The number of aromatic amines is 1. The third kappa shape index (κ3) is 4.15. The van der Waals surface area contributed by atoms with E-state index in [0.29, 0.717) is 19.5 Å². The Bertz CT molecular complexity index is 1360. The number of ether oxygens (including phenoxy) is 1. The van der Waals surface area contributed by atoms with Crippen LogP contribution < -0.4 is 9.64 Å². The van der Waals surface area contributed by atoms with E-state index in [1.165, 1.54) is 0 Å². The van der Waals surface area contributed by atoms with Crippen LogP contribution in [-0.4, -0.2) is 53.6 Å². The molecule has 6 nitrogen and oxygen atoms in total. The summed E-state index contributed by atoms with van der Waals surface area (Å²) in [7, 11) is 1.68. The average molecular weight is 510 g/mol. The van der Waals surface area contributed by atoms with Gasteiger partial charge in [0, 0.05) is 66.9 Å². The molecule has 37 heavy (non-hydrogen) atoms. The van der Waals surface area contributed by atoms with Gasteiger partial charge in [0.25, 0.3) is 0 Å². The Labute approximate surface area is 215 Å². The van der Waals surface area contributed by atoms with Gasteiger partial charge in [0.2, 0.25) is 5.92 Å². The third-order valence-corrected chi connectivity index (χ3v) is 8.79. The molecule has 1 aliphatic carbocycles. The van der Waals surface area contributed by atoms with Gasteiger partial charge in [-0.1, -0.05) is 6.07 Å². The van der Waals surface area contributed by atoms with Crippen LogP contribution in [0.5, 0.6) is 5.75 Å². The van der Waals surface area contributed by atoms with Gasteiger partial charge in [-0.05, 0) is 73.5 Å². The van der Waals surface area contributed by atoms with Crippen LogP contribution in [0.1, 0.15) is 65.2 Å². The number of hydrogen-bond donors (Lipinski definition) is 2. The Hall–Kier alpha value is -3.13. The second-order valence-electron chi connectivity index (χ2n) is 11.2. The number of methoxy groups -OCH3 is 1. The molecule has 3 aromatic rings. The minimum atomic E-state index is -2.59. The van der Waals surface area contributed by atoms with E-state index in [-0.39, 0.29) is 29.9 Å². The summed E-state index contributed by atoms with van der Waals surface area (Å²) in [6.07, 6.45) is 4.24. The van der Waals surface area contributed by atoms with Crippen molar-refractivity contribution in [2.45, 2.75) is 57.5 Å². The Balaban J connectivity index is 1.42. The number of aromatic nitrogens is 1. The number of carboxylic acids is 1. The lowest BCUT2D eigenvalue weighted by atomic mass is 9.58. The van der Waals surface area contributed by atoms with E-state index in [0.717, 1.165) is 65.0 Å². The van der Waals surface area contributed by atoms with Crippen LogP contribution in [0.25, 0.3) is 10.9 Å². The van der Waals surface area contributed by atoms with Crippen molar-refractivity contribution in [3.8, 4) is 5.75 Å². The number of anilines is 1. The maximum Gasteiger partial charge on any atom is 0.335 e. The quantitative estimate of drug-likeness (QED) is 0.417. The number of piperidine rings is 1. The molecule has 3 aliphatic rings. The minimum absolute atomic E-state index is 0.0630. The first-order valence-corrected chi connectivity index (χ1v) is 13.1. The van der Waals surface area contributed by atoms with Crippen molar-refractivity contribution in [1.29, 1.82) is 0 Å². The number of nitrogens with one attached hydrogen (secondary N) is 1. The van der Waals surface area contributed by atoms with E-state index >= 15 is 0 Å². The molecule has 0 amide bonds. The number of carbonyl (C=O) groups is 1. The molecule has 3 fully saturated rings. The number of rotatable bonds is 6. The maximum absolute atomic E-state index is 14.1. The zero-order chi connectivity index (χ0) is 25.9. The monoisotopic (exact) mass is 509 g/mol. The van der Waals surface area contributed by atoms with Crippen LogP contribution in [-0.2, 0) is 6.54 Å². The summed E-state index contributed by atoms with van der Waals surface area (Å²) in [6.45, 7) is 5.13. The van der Waals surface area contributed by atoms with Gasteiger partial charge < -0.3 is 19.7 Å². The second-order valence-corrected chi connectivity index (χ2v) is 11.2. The number of alkyl halides is 2. The first-order chi connectivity index (χ1) is 17.7. The molecule has 1 aromatic heterocycles. The molecule has 8 heteroatoms. The second kappa shape index (κ2) is 8.72. The molecule has 1 atom stereocenters. The third-order valence-electron chi connectivity index (χ3n) is 8.79. The predicted molar refractivity (Wildman–Crippen MR) is 139 cm³/mol. The van der Waals surface area contributed by atoms with Gasteiger partial charge in [0.15, 0.2) is 0 Å². The standard InChI is InChI=1S/C29H33F2N3O3/c1-18-12-25(37-2)22(20-6-8-32-26(18)20)15-34-11-7-28(16-29(30,31)17-28)14-24(34)21-5-4-19(27(35)36)13-23(21)33-9-3-10-33/h4-6,8,12-13,24,32H,3,7,9-11,14-17H2,1-2H3,(H,35,36)/t24-/m1/s1. The summed E-state index contributed by atoms with van der Waals surface area (Å²) >= 11 is 0. The van der Waals surface area contributed by atoms with Gasteiger partial charge in [0.05, 0.1) is 12.7 Å². The lowest BCUT2D eigenvalue weighted by Gasteiger charge is -2.55. The topological polar surface area (TPSA) is 68.8 Å². The fraction of sp³-hybridized carbons (Fsp3) is 0.483. The molecular weight excluding hydrogens is 476 g/mol. The van der Waals surface area contributed by atoms with Crippen molar-refractivity contribution >= 4 is 22.6 Å². The molecular formula is C29H33F2N3O3. The van der Waals surface area contributed by atoms with Crippen LogP contribution in [0.4, 0.5) is 14.5 Å². The molecule has 0 unspecified atom stereocenters. The number of fused-ring (bicyclic) bond motifs is 1. The lowest BCUT2D eigenvalue weighted by molar-refractivity contribution is -0.186. The molecule has 6 rings (SSSR count). The highest BCUT2D eigenvalue weighted by Gasteiger charge is 2.58. The Morgan fingerprint density at radius 1 is 1.19 bits per heavy atom. The Morgan fingerprint density at radius 3 is 2.62 bits per heavy atom. The first-order valence-electron chi connectivity index (χ1n) is 13.1. The molecule has 1 spiro atoms. The number of H-pyrrole nitrogens is 1. The molecule has 0 bridgehead atoms. The maximum atomic E-state index is 14.1. The number of aromatic carboxylic acids is 1. The molecule has 196 valence electrons. The van der Waals surface area contributed by atoms with Crippen molar-refractivity contribution in [2.24, 2.45) is 5.41 Å². The summed E-state index contributed by atoms with van der Waals surface area (Å²) < 4.78 is 34.0. The van der Waals surface area contributed by atoms with Gasteiger partial charge in [-0.25, -0.2) is 13.6 Å². The largest absolute Gasteiger partial charge is 0.496 e. The smallest absolute Gasteiger partial charge is 0.335 e. The first kappa shape index (κ1) is 24.2. The molecule has 3 heterocycles. The average Bonchev–Trinajstić information content (AvgIpc) is 3.30. The van der Waals surface area contributed by atoms with Crippen LogP contribution >= 0.6 is 0 Å². The summed E-state index contributed by atoms with van der Waals surface area (Å²) in [5, 5.41) is 10.8. The highest BCUT2D eigenvalue weighted by atomic mass is 19.3. The molecule has 1 saturated carbocycles. The van der Waals surface area contributed by atoms with Crippen molar-refractivity contribution in [1.82, 2.24) is 9.88 Å². The van der Waals surface area contributed by atoms with Crippen LogP contribution in [0, 0.1) is 12.3 Å². The molecule has 0 radical (unpaired) electrons. The highest BCUT2D eigenvalue weighted by molar-refractivity contribution is 5.89. The van der Waals surface area contributed by atoms with Crippen LogP contribution in [0.2, 0.25) is 0 Å². The number of hydrogen-bond acceptors (Lipinski definition) is 4. The van der Waals surface area contributed by atoms with E-state index in [1.807, 2.05) is 18.3 Å². The van der Waals surface area contributed by atoms with Crippen molar-refractivity contribution in [3.05, 3.63) is 58.8 Å². The number of halogens is 2. The SMILES string of the molecule is COc1cc(C)c2[nH]ccc2c1CN1CCC2(C[C@@H]1c1ccc(C(=O)O)cc1N1CCC1)CC(F)(F)C2. The van der Waals surface area contributed by atoms with Gasteiger partial charge in [-0.2, -0.15) is 0 Å². The number of nitrogens with zero attached hydrogens (tertiary/aromatic N) is 2. The van der Waals surface area contributed by atoms with Gasteiger partial charge in [-0.3, -0.25) is 4.90 Å². The summed E-state index contributed by atoms with van der Waals surface area (Å²) in [4.78, 5) is 19.7. The zero-order valence-corrected chi connectivity index (χ0v) is 21.3. The van der Waals surface area contributed by atoms with E-state index in [2.05, 4.69) is 27.8 Å². The normalized spacial score (nSPS) is 22.6. The van der Waals surface area contributed by atoms with Gasteiger partial charge in [-0.15, -0.1) is 0 Å². The summed E-state index contributed by atoms with van der Waals surface area (Å²) in [5.41, 5.74) is 5.11. The van der Waals surface area contributed by atoms with E-state index in [4.69, 9.17) is 4.74 Å². The van der Waals surface area contributed by atoms with Gasteiger partial charge in [0.1, 0.15) is 5.75 Å². The number of aryl methyl sites for hydroxylation is 1. The van der Waals surface area contributed by atoms with Crippen molar-refractivity contribution < 1.29 is 23.4 Å². The summed E-state index contributed by atoms with van der Waals surface area (Å²) in [6, 6.07) is 9.37. The van der Waals surface area contributed by atoms with Crippen LogP contribution in [0.3, 0.4) is 0 Å². The van der Waals surface area contributed by atoms with Crippen molar-refractivity contribution in [2.75, 3.05) is 31.6 Å². The number of carboxylic acid groups (broad SMARTS) is 1. The van der Waals surface area contributed by atoms with E-state index < -0.39 is 11.9 Å². The number of likely N-dealkylation sites (tertiary alicyclic amines) is 1. The molecule has 2 aromatic carbocycles. The fourth-order valence-electron chi connectivity index (χ4n) is 6.81. The van der Waals surface area contributed by atoms with Crippen molar-refractivity contribution in [3.63, 3.8) is 0 Å². The molecule has 2 aliphatic heterocycles. The van der Waals surface area contributed by atoms with E-state index in [1.54, 1.807) is 19.2 Å². The minimum Gasteiger partial charge on any atom is -0.496 e. The fourth-order valence-corrected chi connectivity index (χ4v) is 6.81. The zero-order valence-electron chi connectivity index (χ0n) is 21.3. The Morgan fingerprint density at radius 2 is 1.97 bits per heavy atom. The Kier molecular flexibility index (Phi) is 5.71. The summed E-state index contributed by atoms with van der Waals surface area (Å²) in [5.74, 6) is -2.72. The van der Waals surface area contributed by atoms with Gasteiger partial charge >= 0.3 is 5.97 Å². The number of benzene rings is 2. The lowest BCUT2D eigenvalue weighted by Crippen LogP contribution is -2.53. The molecule has 2 N–H and O–H groups in total. The van der Waals surface area contributed by atoms with E-state index in [9.17, 15) is 18.7 Å². The predicted octanol–water partition coefficient (Wildman–Crippen LogP) is 6.15.